The van der Waals surface area contributed by atoms with E-state index >= 15 is 0 Å². The first kappa shape index (κ1) is 13.7. The maximum absolute atomic E-state index is 5.31. The lowest BCUT2D eigenvalue weighted by Gasteiger charge is -2.25. The number of hydrogen-bond donors (Lipinski definition) is 0. The van der Waals surface area contributed by atoms with Gasteiger partial charge in [0, 0.05) is 25.5 Å². The summed E-state index contributed by atoms with van der Waals surface area (Å²) in [4.78, 5) is 6.27. The lowest BCUT2D eigenvalue weighted by atomic mass is 10.0. The summed E-state index contributed by atoms with van der Waals surface area (Å²) in [5.74, 6) is 0.489. The molecule has 3 heteroatoms. The highest BCUT2D eigenvalue weighted by Crippen LogP contribution is 2.11. The molecule has 0 N–H and O–H groups in total. The van der Waals surface area contributed by atoms with Crippen molar-refractivity contribution in [3.05, 3.63) is 36.7 Å². The van der Waals surface area contributed by atoms with E-state index in [1.54, 1.807) is 12.4 Å². The largest absolute Gasteiger partial charge is 0.378 e. The fraction of sp³-hybridized carbons (Fsp3) is 0.500. The molecule has 1 rings (SSSR count). The van der Waals surface area contributed by atoms with Gasteiger partial charge in [-0.1, -0.05) is 20.4 Å². The Hall–Kier alpha value is -1.35. The van der Waals surface area contributed by atoms with E-state index in [9.17, 15) is 0 Å². The van der Waals surface area contributed by atoms with Gasteiger partial charge in [-0.2, -0.15) is 0 Å². The standard InChI is InChI=1S/C14H22N2O/c1-4-15-7-5-14(13(2)3)6-8-16-9-11-17-12-10-16/h4-8,13H,1,9-12H2,2-3H3/b8-6+,14-5-,15-7?. The molecule has 0 bridgehead atoms. The van der Waals surface area contributed by atoms with E-state index < -0.39 is 0 Å². The smallest absolute Gasteiger partial charge is 0.0642 e. The van der Waals surface area contributed by atoms with E-state index in [4.69, 9.17) is 4.74 Å². The van der Waals surface area contributed by atoms with E-state index in [1.165, 1.54) is 5.57 Å². The monoisotopic (exact) mass is 234 g/mol. The lowest BCUT2D eigenvalue weighted by Crippen LogP contribution is -2.32. The van der Waals surface area contributed by atoms with Crippen molar-refractivity contribution < 1.29 is 4.74 Å². The predicted octanol–water partition coefficient (Wildman–Crippen LogP) is 2.63. The van der Waals surface area contributed by atoms with Gasteiger partial charge in [-0.3, -0.25) is 4.99 Å². The first-order valence-electron chi connectivity index (χ1n) is 6.08. The molecule has 0 saturated carbocycles. The van der Waals surface area contributed by atoms with Crippen molar-refractivity contribution in [3.63, 3.8) is 0 Å². The molecule has 3 nitrogen and oxygen atoms in total. The summed E-state index contributed by atoms with van der Waals surface area (Å²) >= 11 is 0. The van der Waals surface area contributed by atoms with Crippen LogP contribution in [0.25, 0.3) is 0 Å². The molecule has 0 spiro atoms. The molecule has 1 fully saturated rings. The fourth-order valence-electron chi connectivity index (χ4n) is 1.55. The zero-order valence-corrected chi connectivity index (χ0v) is 10.8. The van der Waals surface area contributed by atoms with Crippen LogP contribution in [0.5, 0.6) is 0 Å². The van der Waals surface area contributed by atoms with Crippen LogP contribution < -0.4 is 0 Å². The first-order valence-corrected chi connectivity index (χ1v) is 6.08. The minimum absolute atomic E-state index is 0.489. The molecular formula is C14H22N2O. The normalized spacial score (nSPS) is 18.5. The van der Waals surface area contributed by atoms with Gasteiger partial charge in [0.1, 0.15) is 0 Å². The minimum atomic E-state index is 0.489. The van der Waals surface area contributed by atoms with Gasteiger partial charge >= 0.3 is 0 Å². The Morgan fingerprint density at radius 1 is 1.35 bits per heavy atom. The summed E-state index contributed by atoms with van der Waals surface area (Å²) in [6.07, 6.45) is 9.66. The van der Waals surface area contributed by atoms with Crippen molar-refractivity contribution in [2.45, 2.75) is 13.8 Å². The molecule has 17 heavy (non-hydrogen) atoms. The van der Waals surface area contributed by atoms with Crippen LogP contribution in [-0.2, 0) is 4.74 Å². The average Bonchev–Trinajstić information content (AvgIpc) is 2.34. The van der Waals surface area contributed by atoms with Crippen LogP contribution in [0.3, 0.4) is 0 Å². The number of ether oxygens (including phenoxy) is 1. The van der Waals surface area contributed by atoms with Crippen LogP contribution in [0.1, 0.15) is 13.8 Å². The third-order valence-corrected chi connectivity index (χ3v) is 2.65. The van der Waals surface area contributed by atoms with Gasteiger partial charge in [0.05, 0.1) is 13.2 Å². The molecule has 0 aromatic heterocycles. The molecular weight excluding hydrogens is 212 g/mol. The summed E-state index contributed by atoms with van der Waals surface area (Å²) in [6.45, 7) is 11.5. The van der Waals surface area contributed by atoms with E-state index in [2.05, 4.69) is 42.6 Å². The Labute approximate surface area is 104 Å². The van der Waals surface area contributed by atoms with Crippen molar-refractivity contribution in [1.82, 2.24) is 4.90 Å². The molecule has 0 atom stereocenters. The Morgan fingerprint density at radius 3 is 2.65 bits per heavy atom. The summed E-state index contributed by atoms with van der Waals surface area (Å²) in [5, 5.41) is 0. The number of aliphatic imine (C=N–C) groups is 1. The summed E-state index contributed by atoms with van der Waals surface area (Å²) in [6, 6.07) is 0. The van der Waals surface area contributed by atoms with E-state index in [1.807, 2.05) is 6.08 Å². The zero-order chi connectivity index (χ0) is 12.5. The van der Waals surface area contributed by atoms with Crippen LogP contribution in [0.15, 0.2) is 41.7 Å². The highest BCUT2D eigenvalue weighted by atomic mass is 16.5. The van der Waals surface area contributed by atoms with Gasteiger partial charge in [-0.15, -0.1) is 0 Å². The fourth-order valence-corrected chi connectivity index (χ4v) is 1.55. The third kappa shape index (κ3) is 5.50. The van der Waals surface area contributed by atoms with Crippen molar-refractivity contribution in [2.24, 2.45) is 10.9 Å². The van der Waals surface area contributed by atoms with Crippen molar-refractivity contribution in [2.75, 3.05) is 26.3 Å². The molecule has 0 radical (unpaired) electrons. The number of nitrogens with zero attached hydrogens (tertiary/aromatic N) is 2. The lowest BCUT2D eigenvalue weighted by molar-refractivity contribution is 0.0593. The van der Waals surface area contributed by atoms with E-state index in [0.717, 1.165) is 26.3 Å². The molecule has 94 valence electrons. The molecule has 1 aliphatic heterocycles. The summed E-state index contributed by atoms with van der Waals surface area (Å²) in [5.41, 5.74) is 1.27. The van der Waals surface area contributed by atoms with Crippen molar-refractivity contribution >= 4 is 6.21 Å². The Kier molecular flexibility index (Phi) is 6.33. The Bertz CT molecular complexity index is 310. The van der Waals surface area contributed by atoms with Crippen LogP contribution in [0.4, 0.5) is 0 Å². The summed E-state index contributed by atoms with van der Waals surface area (Å²) < 4.78 is 5.31. The quantitative estimate of drug-likeness (QED) is 0.539. The first-order chi connectivity index (χ1) is 8.24. The number of rotatable bonds is 5. The van der Waals surface area contributed by atoms with Crippen LogP contribution in [0, 0.1) is 5.92 Å². The maximum atomic E-state index is 5.31. The second kappa shape index (κ2) is 7.85. The molecule has 0 unspecified atom stereocenters. The number of hydrogen-bond acceptors (Lipinski definition) is 3. The zero-order valence-electron chi connectivity index (χ0n) is 10.8. The number of allylic oxidation sites excluding steroid dienone is 3. The van der Waals surface area contributed by atoms with Gasteiger partial charge in [0.15, 0.2) is 0 Å². The van der Waals surface area contributed by atoms with Crippen LogP contribution in [0.2, 0.25) is 0 Å². The second-order valence-corrected chi connectivity index (χ2v) is 4.27. The van der Waals surface area contributed by atoms with Gasteiger partial charge in [0.2, 0.25) is 0 Å². The second-order valence-electron chi connectivity index (χ2n) is 4.27. The van der Waals surface area contributed by atoms with E-state index in [-0.39, 0.29) is 0 Å². The van der Waals surface area contributed by atoms with Crippen LogP contribution in [-0.4, -0.2) is 37.4 Å². The predicted molar refractivity (Wildman–Crippen MR) is 73.1 cm³/mol. The SMILES string of the molecule is C=CN=C/C=C(/C=C/N1CCOCC1)C(C)C. The topological polar surface area (TPSA) is 24.8 Å². The number of morpholine rings is 1. The van der Waals surface area contributed by atoms with Crippen molar-refractivity contribution in [1.29, 1.82) is 0 Å². The minimum Gasteiger partial charge on any atom is -0.378 e. The summed E-state index contributed by atoms with van der Waals surface area (Å²) in [7, 11) is 0. The highest BCUT2D eigenvalue weighted by Gasteiger charge is 2.05. The van der Waals surface area contributed by atoms with Crippen molar-refractivity contribution in [3.8, 4) is 0 Å². The Balaban J connectivity index is 2.58. The van der Waals surface area contributed by atoms with Gasteiger partial charge in [-0.25, -0.2) is 0 Å². The molecule has 1 aliphatic rings. The third-order valence-electron chi connectivity index (χ3n) is 2.65. The molecule has 1 saturated heterocycles. The van der Waals surface area contributed by atoms with E-state index in [0.29, 0.717) is 5.92 Å². The van der Waals surface area contributed by atoms with Gasteiger partial charge in [0.25, 0.3) is 0 Å². The van der Waals surface area contributed by atoms with Crippen LogP contribution >= 0.6 is 0 Å². The van der Waals surface area contributed by atoms with Gasteiger partial charge in [-0.05, 0) is 29.8 Å². The molecule has 0 amide bonds. The highest BCUT2D eigenvalue weighted by molar-refractivity contribution is 5.73. The Morgan fingerprint density at radius 2 is 2.06 bits per heavy atom. The molecule has 0 aliphatic carbocycles. The molecule has 0 aromatic rings. The maximum Gasteiger partial charge on any atom is 0.0642 e. The molecule has 1 heterocycles. The molecule has 0 aromatic carbocycles. The average molecular weight is 234 g/mol. The van der Waals surface area contributed by atoms with Gasteiger partial charge < -0.3 is 9.64 Å².